The van der Waals surface area contributed by atoms with E-state index in [-0.39, 0.29) is 5.91 Å². The van der Waals surface area contributed by atoms with Crippen LogP contribution in [-0.2, 0) is 17.8 Å². The molecule has 0 unspecified atom stereocenters. The topological polar surface area (TPSA) is 50.8 Å². The van der Waals surface area contributed by atoms with E-state index in [1.54, 1.807) is 25.6 Å². The molecule has 0 saturated heterocycles. The van der Waals surface area contributed by atoms with Gasteiger partial charge in [0.2, 0.25) is 5.91 Å². The predicted octanol–water partition coefficient (Wildman–Crippen LogP) is 4.26. The molecule has 0 aliphatic heterocycles. The van der Waals surface area contributed by atoms with Gasteiger partial charge in [-0.25, -0.2) is 0 Å². The van der Waals surface area contributed by atoms with Crippen molar-refractivity contribution in [2.24, 2.45) is 0 Å². The molecular weight excluding hydrogens is 384 g/mol. The average molecular weight is 417 g/mol. The smallest absolute Gasteiger partial charge is 0.236 e. The van der Waals surface area contributed by atoms with E-state index in [0.717, 1.165) is 23.5 Å². The SMILES string of the molecule is COc1ccc(CCN(Cc2cccs2)C(=O)CNC2CCCCC2)cc1OC. The zero-order valence-electron chi connectivity index (χ0n) is 17.5. The number of carbonyl (C=O) groups excluding carboxylic acids is 1. The normalized spacial score (nSPS) is 14.6. The van der Waals surface area contributed by atoms with Crippen molar-refractivity contribution in [2.75, 3.05) is 27.3 Å². The molecule has 1 N–H and O–H groups in total. The van der Waals surface area contributed by atoms with Crippen LogP contribution in [0.4, 0.5) is 0 Å². The van der Waals surface area contributed by atoms with Gasteiger partial charge in [0, 0.05) is 17.5 Å². The van der Waals surface area contributed by atoms with Crippen molar-refractivity contribution < 1.29 is 14.3 Å². The molecule has 1 aliphatic rings. The number of benzene rings is 1. The third-order valence-corrected chi connectivity index (χ3v) is 6.41. The Hall–Kier alpha value is -2.05. The number of hydrogen-bond donors (Lipinski definition) is 1. The van der Waals surface area contributed by atoms with E-state index in [4.69, 9.17) is 9.47 Å². The Bertz CT molecular complexity index is 757. The van der Waals surface area contributed by atoms with Crippen LogP contribution in [0.15, 0.2) is 35.7 Å². The van der Waals surface area contributed by atoms with Crippen LogP contribution in [0.25, 0.3) is 0 Å². The first-order valence-electron chi connectivity index (χ1n) is 10.4. The molecular formula is C23H32N2O3S. The van der Waals surface area contributed by atoms with E-state index in [2.05, 4.69) is 16.8 Å². The number of thiophene rings is 1. The molecule has 1 saturated carbocycles. The quantitative estimate of drug-likeness (QED) is 0.629. The first kappa shape index (κ1) is 21.7. The van der Waals surface area contributed by atoms with E-state index >= 15 is 0 Å². The minimum absolute atomic E-state index is 0.171. The number of carbonyl (C=O) groups is 1. The Morgan fingerprint density at radius 3 is 2.62 bits per heavy atom. The number of ether oxygens (including phenoxy) is 2. The number of methoxy groups -OCH3 is 2. The van der Waals surface area contributed by atoms with Gasteiger partial charge in [-0.3, -0.25) is 4.79 Å². The number of rotatable bonds is 10. The molecule has 29 heavy (non-hydrogen) atoms. The van der Waals surface area contributed by atoms with Crippen LogP contribution in [0.3, 0.4) is 0 Å². The van der Waals surface area contributed by atoms with Crippen LogP contribution in [0.1, 0.15) is 42.5 Å². The first-order valence-corrected chi connectivity index (χ1v) is 11.3. The van der Waals surface area contributed by atoms with Crippen LogP contribution >= 0.6 is 11.3 Å². The molecule has 1 heterocycles. The molecule has 0 bridgehead atoms. The zero-order valence-corrected chi connectivity index (χ0v) is 18.3. The second-order valence-corrected chi connectivity index (χ2v) is 8.58. The molecule has 6 heteroatoms. The molecule has 1 aromatic carbocycles. The maximum absolute atomic E-state index is 13.0. The number of amides is 1. The van der Waals surface area contributed by atoms with Crippen molar-refractivity contribution in [3.63, 3.8) is 0 Å². The molecule has 5 nitrogen and oxygen atoms in total. The van der Waals surface area contributed by atoms with Crippen molar-refractivity contribution in [1.82, 2.24) is 10.2 Å². The van der Waals surface area contributed by atoms with Crippen molar-refractivity contribution in [2.45, 2.75) is 51.1 Å². The summed E-state index contributed by atoms with van der Waals surface area (Å²) in [7, 11) is 3.28. The van der Waals surface area contributed by atoms with E-state index in [1.807, 2.05) is 29.2 Å². The molecule has 2 aromatic rings. The Morgan fingerprint density at radius 2 is 1.93 bits per heavy atom. The third-order valence-electron chi connectivity index (χ3n) is 5.54. The fourth-order valence-corrected chi connectivity index (χ4v) is 4.55. The lowest BCUT2D eigenvalue weighted by molar-refractivity contribution is -0.131. The van der Waals surface area contributed by atoms with Gasteiger partial charge in [-0.1, -0.05) is 31.4 Å². The van der Waals surface area contributed by atoms with Crippen molar-refractivity contribution in [3.05, 3.63) is 46.2 Å². The van der Waals surface area contributed by atoms with Crippen molar-refractivity contribution >= 4 is 17.2 Å². The molecule has 1 fully saturated rings. The summed E-state index contributed by atoms with van der Waals surface area (Å²) in [6, 6.07) is 10.6. The summed E-state index contributed by atoms with van der Waals surface area (Å²) in [6.07, 6.45) is 7.00. The van der Waals surface area contributed by atoms with Gasteiger partial charge >= 0.3 is 0 Å². The van der Waals surface area contributed by atoms with Crippen LogP contribution in [0, 0.1) is 0 Å². The van der Waals surface area contributed by atoms with Crippen molar-refractivity contribution in [1.29, 1.82) is 0 Å². The lowest BCUT2D eigenvalue weighted by atomic mass is 9.95. The molecule has 158 valence electrons. The van der Waals surface area contributed by atoms with Crippen LogP contribution in [-0.4, -0.2) is 44.2 Å². The fraction of sp³-hybridized carbons (Fsp3) is 0.522. The van der Waals surface area contributed by atoms with Crippen LogP contribution in [0.5, 0.6) is 11.5 Å². The number of nitrogens with zero attached hydrogens (tertiary/aromatic N) is 1. The summed E-state index contributed by atoms with van der Waals surface area (Å²) in [5.74, 6) is 1.61. The van der Waals surface area contributed by atoms with Gasteiger partial charge in [0.15, 0.2) is 11.5 Å². The highest BCUT2D eigenvalue weighted by atomic mass is 32.1. The molecule has 1 amide bonds. The number of nitrogens with one attached hydrogen (secondary N) is 1. The van der Waals surface area contributed by atoms with E-state index in [1.165, 1.54) is 37.0 Å². The summed E-state index contributed by atoms with van der Waals surface area (Å²) in [6.45, 7) is 1.76. The summed E-state index contributed by atoms with van der Waals surface area (Å²) in [5.41, 5.74) is 1.13. The summed E-state index contributed by atoms with van der Waals surface area (Å²) in [4.78, 5) is 16.2. The summed E-state index contributed by atoms with van der Waals surface area (Å²) in [5, 5.41) is 5.55. The third kappa shape index (κ3) is 6.47. The molecule has 0 spiro atoms. The minimum Gasteiger partial charge on any atom is -0.493 e. The van der Waals surface area contributed by atoms with Crippen LogP contribution < -0.4 is 14.8 Å². The second kappa shape index (κ2) is 11.2. The highest BCUT2D eigenvalue weighted by Crippen LogP contribution is 2.28. The highest BCUT2D eigenvalue weighted by Gasteiger charge is 2.18. The highest BCUT2D eigenvalue weighted by molar-refractivity contribution is 7.09. The maximum atomic E-state index is 13.0. The first-order chi connectivity index (χ1) is 14.2. The Labute approximate surface area is 178 Å². The minimum atomic E-state index is 0.171. The van der Waals surface area contributed by atoms with Crippen molar-refractivity contribution in [3.8, 4) is 11.5 Å². The van der Waals surface area contributed by atoms with E-state index in [0.29, 0.717) is 25.7 Å². The van der Waals surface area contributed by atoms with Gasteiger partial charge < -0.3 is 19.7 Å². The van der Waals surface area contributed by atoms with Crippen LogP contribution in [0.2, 0.25) is 0 Å². The van der Waals surface area contributed by atoms with Gasteiger partial charge in [-0.2, -0.15) is 0 Å². The Balaban J connectivity index is 1.61. The molecule has 0 atom stereocenters. The fourth-order valence-electron chi connectivity index (χ4n) is 3.83. The monoisotopic (exact) mass is 416 g/mol. The maximum Gasteiger partial charge on any atom is 0.236 e. The Kier molecular flexibility index (Phi) is 8.38. The summed E-state index contributed by atoms with van der Waals surface area (Å²) < 4.78 is 10.7. The van der Waals surface area contributed by atoms with E-state index < -0.39 is 0 Å². The largest absolute Gasteiger partial charge is 0.493 e. The molecule has 3 rings (SSSR count). The van der Waals surface area contributed by atoms with Gasteiger partial charge in [0.05, 0.1) is 27.3 Å². The summed E-state index contributed by atoms with van der Waals surface area (Å²) >= 11 is 1.70. The average Bonchev–Trinajstić information content (AvgIpc) is 3.28. The lowest BCUT2D eigenvalue weighted by Crippen LogP contribution is -2.42. The second-order valence-electron chi connectivity index (χ2n) is 7.55. The van der Waals surface area contributed by atoms with E-state index in [9.17, 15) is 4.79 Å². The van der Waals surface area contributed by atoms with Gasteiger partial charge in [-0.05, 0) is 48.4 Å². The zero-order chi connectivity index (χ0) is 20.5. The standard InChI is InChI=1S/C23H32N2O3S/c1-27-21-11-10-18(15-22(21)28-2)12-13-25(17-20-9-6-14-29-20)23(26)16-24-19-7-4-3-5-8-19/h6,9-11,14-15,19,24H,3-5,7-8,12-13,16-17H2,1-2H3. The number of hydrogen-bond acceptors (Lipinski definition) is 5. The van der Waals surface area contributed by atoms with Gasteiger partial charge in [-0.15, -0.1) is 11.3 Å². The predicted molar refractivity (Wildman–Crippen MR) is 118 cm³/mol. The molecule has 1 aliphatic carbocycles. The van der Waals surface area contributed by atoms with Gasteiger partial charge in [0.25, 0.3) is 0 Å². The Morgan fingerprint density at radius 1 is 1.14 bits per heavy atom. The lowest BCUT2D eigenvalue weighted by Gasteiger charge is -2.26. The molecule has 0 radical (unpaired) electrons. The molecule has 1 aromatic heterocycles. The van der Waals surface area contributed by atoms with Gasteiger partial charge in [0.1, 0.15) is 0 Å².